The van der Waals surface area contributed by atoms with Crippen LogP contribution in [0.2, 0.25) is 0 Å². The van der Waals surface area contributed by atoms with Crippen molar-refractivity contribution in [2.45, 2.75) is 12.5 Å². The first kappa shape index (κ1) is 12.6. The third-order valence-electron chi connectivity index (χ3n) is 4.55. The molecule has 1 saturated carbocycles. The van der Waals surface area contributed by atoms with E-state index >= 15 is 0 Å². The van der Waals surface area contributed by atoms with E-state index in [0.29, 0.717) is 18.0 Å². The topological polar surface area (TPSA) is 61.4 Å². The van der Waals surface area contributed by atoms with Crippen LogP contribution < -0.4 is 10.6 Å². The minimum absolute atomic E-state index is 0.309. The highest BCUT2D eigenvalue weighted by Gasteiger charge is 2.52. The lowest BCUT2D eigenvalue weighted by molar-refractivity contribution is -0.139. The second-order valence-electron chi connectivity index (χ2n) is 5.80. The number of aliphatic hydroxyl groups is 1. The number of fused-ring (bicyclic) bond motifs is 1. The van der Waals surface area contributed by atoms with Crippen LogP contribution in [-0.2, 0) is 10.4 Å². The lowest BCUT2D eigenvalue weighted by atomic mass is 9.95. The summed E-state index contributed by atoms with van der Waals surface area (Å²) in [7, 11) is 0. The number of carbonyl (C=O) groups is 1. The Bertz CT molecular complexity index is 462. The van der Waals surface area contributed by atoms with Gasteiger partial charge in [0.2, 0.25) is 0 Å². The van der Waals surface area contributed by atoms with Crippen molar-refractivity contribution in [2.75, 3.05) is 19.6 Å². The summed E-state index contributed by atoms with van der Waals surface area (Å²) in [5, 5.41) is 16.6. The molecule has 2 fully saturated rings. The minimum Gasteiger partial charge on any atom is -0.376 e. The van der Waals surface area contributed by atoms with Crippen LogP contribution in [0.1, 0.15) is 12.5 Å². The molecule has 1 unspecified atom stereocenters. The van der Waals surface area contributed by atoms with Gasteiger partial charge in [0, 0.05) is 6.54 Å². The number of nitrogens with one attached hydrogen (secondary N) is 2. The number of rotatable bonds is 4. The molecule has 4 nitrogen and oxygen atoms in total. The van der Waals surface area contributed by atoms with E-state index in [9.17, 15) is 9.90 Å². The second-order valence-corrected chi connectivity index (χ2v) is 5.80. The van der Waals surface area contributed by atoms with Crippen LogP contribution in [0.25, 0.3) is 0 Å². The Balaban J connectivity index is 1.57. The van der Waals surface area contributed by atoms with Gasteiger partial charge in [0.25, 0.3) is 5.91 Å². The van der Waals surface area contributed by atoms with Gasteiger partial charge >= 0.3 is 0 Å². The molecule has 3 N–H and O–H groups in total. The van der Waals surface area contributed by atoms with Gasteiger partial charge < -0.3 is 15.7 Å². The first-order valence-corrected chi connectivity index (χ1v) is 6.87. The van der Waals surface area contributed by atoms with Crippen molar-refractivity contribution < 1.29 is 9.90 Å². The molecule has 1 aromatic carbocycles. The maximum Gasteiger partial charge on any atom is 0.256 e. The maximum absolute atomic E-state index is 12.1. The summed E-state index contributed by atoms with van der Waals surface area (Å²) in [4.78, 5) is 12.1. The number of carbonyl (C=O) groups excluding carboxylic acids is 1. The number of benzene rings is 1. The molecule has 4 heteroatoms. The zero-order valence-corrected chi connectivity index (χ0v) is 11.1. The van der Waals surface area contributed by atoms with Crippen molar-refractivity contribution in [3.63, 3.8) is 0 Å². The average Bonchev–Trinajstić information content (AvgIpc) is 2.85. The van der Waals surface area contributed by atoms with Crippen LogP contribution in [0.15, 0.2) is 30.3 Å². The Morgan fingerprint density at radius 2 is 2.00 bits per heavy atom. The van der Waals surface area contributed by atoms with Crippen molar-refractivity contribution >= 4 is 5.91 Å². The van der Waals surface area contributed by atoms with Gasteiger partial charge in [0.05, 0.1) is 0 Å². The average molecular weight is 260 g/mol. The normalized spacial score (nSPS) is 31.4. The van der Waals surface area contributed by atoms with Crippen LogP contribution in [0.4, 0.5) is 0 Å². The molecular formula is C15H20N2O2. The van der Waals surface area contributed by atoms with E-state index in [4.69, 9.17) is 0 Å². The molecule has 0 bridgehead atoms. The number of piperidine rings is 1. The number of hydrogen-bond donors (Lipinski definition) is 3. The summed E-state index contributed by atoms with van der Waals surface area (Å²) in [6.45, 7) is 4.37. The van der Waals surface area contributed by atoms with Crippen molar-refractivity contribution in [1.29, 1.82) is 0 Å². The SMILES string of the molecule is C[C@@](O)(C(=O)NCC1[C@H]2CNC[C@@H]12)c1ccccc1. The molecule has 0 radical (unpaired) electrons. The Labute approximate surface area is 113 Å². The molecule has 1 aliphatic carbocycles. The van der Waals surface area contributed by atoms with Gasteiger partial charge in [0.15, 0.2) is 5.60 Å². The lowest BCUT2D eigenvalue weighted by Gasteiger charge is -2.23. The van der Waals surface area contributed by atoms with Crippen LogP contribution in [0, 0.1) is 17.8 Å². The molecule has 1 heterocycles. The zero-order chi connectivity index (χ0) is 13.5. The molecular weight excluding hydrogens is 240 g/mol. The van der Waals surface area contributed by atoms with Crippen molar-refractivity contribution in [1.82, 2.24) is 10.6 Å². The molecule has 4 atom stereocenters. The number of hydrogen-bond acceptors (Lipinski definition) is 3. The molecule has 1 aliphatic heterocycles. The fourth-order valence-electron chi connectivity index (χ4n) is 3.13. The summed E-state index contributed by atoms with van der Waals surface area (Å²) in [5.41, 5.74) is -0.825. The second kappa shape index (κ2) is 4.62. The van der Waals surface area contributed by atoms with Crippen molar-refractivity contribution in [3.8, 4) is 0 Å². The third kappa shape index (κ3) is 2.26. The van der Waals surface area contributed by atoms with E-state index in [1.165, 1.54) is 0 Å². The van der Waals surface area contributed by atoms with Crippen molar-refractivity contribution in [2.24, 2.45) is 17.8 Å². The Morgan fingerprint density at radius 1 is 1.37 bits per heavy atom. The first-order valence-electron chi connectivity index (χ1n) is 6.87. The van der Waals surface area contributed by atoms with E-state index in [1.54, 1.807) is 19.1 Å². The van der Waals surface area contributed by atoms with E-state index in [1.807, 2.05) is 18.2 Å². The molecule has 1 aromatic rings. The zero-order valence-electron chi connectivity index (χ0n) is 11.1. The molecule has 19 heavy (non-hydrogen) atoms. The number of amides is 1. The fraction of sp³-hybridized carbons (Fsp3) is 0.533. The predicted octanol–water partition coefficient (Wildman–Crippen LogP) is 0.476. The van der Waals surface area contributed by atoms with Crippen LogP contribution in [0.3, 0.4) is 0 Å². The largest absolute Gasteiger partial charge is 0.376 e. The smallest absolute Gasteiger partial charge is 0.256 e. The quantitative estimate of drug-likeness (QED) is 0.738. The van der Waals surface area contributed by atoms with Crippen LogP contribution >= 0.6 is 0 Å². The highest BCUT2D eigenvalue weighted by Crippen LogP contribution is 2.48. The maximum atomic E-state index is 12.1. The van der Waals surface area contributed by atoms with Gasteiger partial charge in [-0.2, -0.15) is 0 Å². The van der Waals surface area contributed by atoms with Crippen molar-refractivity contribution in [3.05, 3.63) is 35.9 Å². The van der Waals surface area contributed by atoms with E-state index in [0.717, 1.165) is 24.9 Å². The first-order chi connectivity index (χ1) is 9.10. The highest BCUT2D eigenvalue weighted by molar-refractivity contribution is 5.85. The predicted molar refractivity (Wildman–Crippen MR) is 72.4 cm³/mol. The van der Waals surface area contributed by atoms with Crippen LogP contribution in [-0.4, -0.2) is 30.6 Å². The Morgan fingerprint density at radius 3 is 2.63 bits per heavy atom. The highest BCUT2D eigenvalue weighted by atomic mass is 16.3. The standard InChI is InChI=1S/C15H20N2O2/c1-15(19,10-5-3-2-4-6-10)14(18)17-9-13-11-7-16-8-12(11)13/h2-6,11-13,16,19H,7-9H2,1H3,(H,17,18)/t11-,12+,13?,15-/m0/s1. The van der Waals surface area contributed by atoms with Crippen LogP contribution in [0.5, 0.6) is 0 Å². The van der Waals surface area contributed by atoms with Gasteiger partial charge in [-0.05, 0) is 43.3 Å². The summed E-state index contributed by atoms with van der Waals surface area (Å²) < 4.78 is 0. The summed E-state index contributed by atoms with van der Waals surface area (Å²) in [5.74, 6) is 1.73. The summed E-state index contributed by atoms with van der Waals surface area (Å²) >= 11 is 0. The van der Waals surface area contributed by atoms with E-state index < -0.39 is 5.60 Å². The molecule has 102 valence electrons. The summed E-state index contributed by atoms with van der Waals surface area (Å²) in [6.07, 6.45) is 0. The van der Waals surface area contributed by atoms with Gasteiger partial charge in [0.1, 0.15) is 0 Å². The summed E-state index contributed by atoms with van der Waals surface area (Å²) in [6, 6.07) is 9.07. The Hall–Kier alpha value is -1.39. The third-order valence-corrected chi connectivity index (χ3v) is 4.55. The van der Waals surface area contributed by atoms with Gasteiger partial charge in [-0.3, -0.25) is 4.79 Å². The van der Waals surface area contributed by atoms with Gasteiger partial charge in [-0.15, -0.1) is 0 Å². The van der Waals surface area contributed by atoms with Gasteiger partial charge in [-0.1, -0.05) is 30.3 Å². The molecule has 1 amide bonds. The molecule has 0 spiro atoms. The monoisotopic (exact) mass is 260 g/mol. The van der Waals surface area contributed by atoms with E-state index in [2.05, 4.69) is 10.6 Å². The fourth-order valence-corrected chi connectivity index (χ4v) is 3.13. The Kier molecular flexibility index (Phi) is 3.07. The molecule has 0 aromatic heterocycles. The molecule has 3 rings (SSSR count). The molecule has 1 saturated heterocycles. The lowest BCUT2D eigenvalue weighted by Crippen LogP contribution is -2.43. The minimum atomic E-state index is -1.45. The van der Waals surface area contributed by atoms with E-state index in [-0.39, 0.29) is 5.91 Å². The van der Waals surface area contributed by atoms with Gasteiger partial charge in [-0.25, -0.2) is 0 Å². The molecule has 2 aliphatic rings.